The third-order valence-electron chi connectivity index (χ3n) is 8.90. The van der Waals surface area contributed by atoms with Crippen molar-refractivity contribution in [2.24, 2.45) is 0 Å². The Bertz CT molecular complexity index is 1890. The van der Waals surface area contributed by atoms with E-state index in [0.717, 1.165) is 45.9 Å². The molecule has 0 bridgehead atoms. The topological polar surface area (TPSA) is 403 Å². The second-order valence-electron chi connectivity index (χ2n) is 14.2. The first kappa shape index (κ1) is 62.0. The number of nitro groups is 4. The summed E-state index contributed by atoms with van der Waals surface area (Å²) >= 11 is 0. The van der Waals surface area contributed by atoms with E-state index in [2.05, 4.69) is 21.3 Å². The minimum Gasteiger partial charge on any atom is -0.480 e. The maximum Gasteiger partial charge on any atom is 0.327 e. The summed E-state index contributed by atoms with van der Waals surface area (Å²) in [5.41, 5.74) is -1.37. The van der Waals surface area contributed by atoms with E-state index in [4.69, 9.17) is 37.9 Å². The normalized spacial score (nSPS) is 11.8. The van der Waals surface area contributed by atoms with Crippen molar-refractivity contribution in [3.8, 4) is 0 Å². The summed E-state index contributed by atoms with van der Waals surface area (Å²) in [6, 6.07) is 4.05. The largest absolute Gasteiger partial charge is 0.480 e. The lowest BCUT2D eigenvalue weighted by molar-refractivity contribution is -0.393. The molecule has 72 heavy (non-hydrogen) atoms. The third-order valence-corrected chi connectivity index (χ3v) is 11.3. The zero-order chi connectivity index (χ0) is 52.9. The van der Waals surface area contributed by atoms with Crippen LogP contribution in [0.15, 0.2) is 36.4 Å². The highest BCUT2D eigenvalue weighted by Crippen LogP contribution is 2.30. The van der Waals surface area contributed by atoms with Gasteiger partial charge >= 0.3 is 11.9 Å². The summed E-state index contributed by atoms with van der Waals surface area (Å²) in [6.45, 7) is 3.53. The maximum atomic E-state index is 12.3. The van der Waals surface area contributed by atoms with Crippen LogP contribution in [0, 0.1) is 40.5 Å². The van der Waals surface area contributed by atoms with Gasteiger partial charge in [0.2, 0.25) is 11.8 Å². The number of nitro benzene ring substituents is 4. The molecule has 0 fully saturated rings. The van der Waals surface area contributed by atoms with E-state index in [9.17, 15) is 69.8 Å². The SMILES string of the molecule is O=C(CCOCCOCCOCCOCCNc1ccc([N+](=O)[O-])cc1[N+](=O)[O-])N[C@@H](CSSC[C@H](NC(=O)CCOCCOCCOCCOCCNc1ccc([N+](=O)[O-])cc1[N+](=O)[O-])C(=O)O)C(=O)O. The zero-order valence-corrected chi connectivity index (χ0v) is 40.5. The van der Waals surface area contributed by atoms with E-state index in [1.54, 1.807) is 0 Å². The highest BCUT2D eigenvalue weighted by Gasteiger charge is 2.24. The predicted octanol–water partition coefficient (Wildman–Crippen LogP) is 2.28. The van der Waals surface area contributed by atoms with E-state index in [1.807, 2.05) is 0 Å². The van der Waals surface area contributed by atoms with Crippen molar-refractivity contribution in [1.82, 2.24) is 10.6 Å². The van der Waals surface area contributed by atoms with Gasteiger partial charge < -0.3 is 69.4 Å². The first-order chi connectivity index (χ1) is 34.6. The van der Waals surface area contributed by atoms with Gasteiger partial charge in [0.15, 0.2) is 0 Å². The molecule has 0 radical (unpaired) electrons. The number of hydrogen-bond donors (Lipinski definition) is 6. The van der Waals surface area contributed by atoms with Gasteiger partial charge in [-0.2, -0.15) is 0 Å². The second kappa shape index (κ2) is 37.6. The van der Waals surface area contributed by atoms with Crippen molar-refractivity contribution in [2.75, 3.05) is 141 Å². The smallest absolute Gasteiger partial charge is 0.327 e. The molecule has 30 nitrogen and oxygen atoms in total. The lowest BCUT2D eigenvalue weighted by atomic mass is 10.2. The molecule has 0 saturated heterocycles. The molecular weight excluding hydrogens is 1010 g/mol. The number of nitrogens with zero attached hydrogens (tertiary/aromatic N) is 4. The standard InChI is InChI=1S/C40H58N8O22S2/c49-37(5-9-63-13-17-67-21-23-69-19-15-65-11-7-41-31-3-1-29(45(55)56)25-35(31)47(59)60)43-33(39(51)52)27-71-72-28-34(40(53)54)44-38(50)6-10-64-14-18-68-22-24-70-20-16-66-12-8-42-32-4-2-30(46(57)58)26-36(32)48(61)62/h1-4,25-26,33-34,41-42H,5-24,27-28H2,(H,43,49)(H,44,50)(H,51,52)(H,53,54)/t33-,34-/m0/s1. The van der Waals surface area contributed by atoms with Gasteiger partial charge in [0.1, 0.15) is 23.5 Å². The van der Waals surface area contributed by atoms with Gasteiger partial charge in [-0.3, -0.25) is 50.0 Å². The zero-order valence-electron chi connectivity index (χ0n) is 38.8. The summed E-state index contributed by atoms with van der Waals surface area (Å²) < 4.78 is 43.1. The molecule has 2 atom stereocenters. The Hall–Kier alpha value is -6.10. The van der Waals surface area contributed by atoms with Crippen LogP contribution in [0.4, 0.5) is 34.1 Å². The number of carboxylic acid groups (broad SMARTS) is 2. The van der Waals surface area contributed by atoms with Gasteiger partial charge in [0, 0.05) is 49.6 Å². The maximum absolute atomic E-state index is 12.3. The van der Waals surface area contributed by atoms with E-state index in [0.29, 0.717) is 0 Å². The second-order valence-corrected chi connectivity index (χ2v) is 16.7. The molecule has 2 aromatic carbocycles. The molecule has 0 unspecified atom stereocenters. The molecule has 0 heterocycles. The first-order valence-electron chi connectivity index (χ1n) is 21.8. The fourth-order valence-corrected chi connectivity index (χ4v) is 7.66. The molecule has 0 spiro atoms. The number of ether oxygens (including phenoxy) is 8. The van der Waals surface area contributed by atoms with E-state index in [-0.39, 0.29) is 155 Å². The van der Waals surface area contributed by atoms with Crippen molar-refractivity contribution < 1.29 is 87.0 Å². The number of aliphatic carboxylic acids is 2. The fraction of sp³-hybridized carbons (Fsp3) is 0.600. The summed E-state index contributed by atoms with van der Waals surface area (Å²) in [7, 11) is 2.02. The molecule has 2 amide bonds. The van der Waals surface area contributed by atoms with Gasteiger partial charge in [0.05, 0.1) is 138 Å². The Morgan fingerprint density at radius 2 is 0.750 bits per heavy atom. The summed E-state index contributed by atoms with van der Waals surface area (Å²) in [4.78, 5) is 89.3. The van der Waals surface area contributed by atoms with Crippen LogP contribution in [0.5, 0.6) is 0 Å². The predicted molar refractivity (Wildman–Crippen MR) is 256 cm³/mol. The highest BCUT2D eigenvalue weighted by atomic mass is 33.1. The number of carbonyl (C=O) groups is 4. The number of rotatable bonds is 45. The summed E-state index contributed by atoms with van der Waals surface area (Å²) in [5.74, 6) is -3.92. The monoisotopic (exact) mass is 1070 g/mol. The van der Waals surface area contributed by atoms with Crippen molar-refractivity contribution in [1.29, 1.82) is 0 Å². The van der Waals surface area contributed by atoms with Crippen molar-refractivity contribution in [2.45, 2.75) is 24.9 Å². The van der Waals surface area contributed by atoms with Crippen LogP contribution >= 0.6 is 21.6 Å². The molecule has 402 valence electrons. The van der Waals surface area contributed by atoms with E-state index in [1.165, 1.54) is 12.1 Å². The molecular formula is C40H58N8O22S2. The lowest BCUT2D eigenvalue weighted by Gasteiger charge is -2.16. The van der Waals surface area contributed by atoms with Crippen LogP contribution in [0.1, 0.15) is 12.8 Å². The van der Waals surface area contributed by atoms with Crippen LogP contribution < -0.4 is 21.3 Å². The Balaban J connectivity index is 1.41. The van der Waals surface area contributed by atoms with Gasteiger partial charge in [-0.05, 0) is 12.1 Å². The minimum atomic E-state index is -1.29. The van der Waals surface area contributed by atoms with E-state index < -0.39 is 78.3 Å². The molecule has 2 rings (SSSR count). The summed E-state index contributed by atoms with van der Waals surface area (Å²) in [6.07, 6.45) is -0.250. The first-order valence-corrected chi connectivity index (χ1v) is 24.3. The summed E-state index contributed by atoms with van der Waals surface area (Å²) in [5, 5.41) is 73.6. The minimum absolute atomic E-state index is 0.00403. The van der Waals surface area contributed by atoms with E-state index >= 15 is 0 Å². The Morgan fingerprint density at radius 1 is 0.458 bits per heavy atom. The van der Waals surface area contributed by atoms with Crippen LogP contribution in [0.25, 0.3) is 0 Å². The molecule has 0 aromatic heterocycles. The Morgan fingerprint density at radius 3 is 1.03 bits per heavy atom. The number of carbonyl (C=O) groups excluding carboxylic acids is 2. The average Bonchev–Trinajstić information content (AvgIpc) is 3.34. The number of anilines is 2. The number of nitrogens with one attached hydrogen (secondary N) is 4. The van der Waals surface area contributed by atoms with Crippen LogP contribution in [-0.2, 0) is 57.1 Å². The van der Waals surface area contributed by atoms with Crippen LogP contribution in [0.2, 0.25) is 0 Å². The number of hydrogen-bond acceptors (Lipinski definition) is 24. The van der Waals surface area contributed by atoms with Gasteiger partial charge in [-0.15, -0.1) is 0 Å². The number of benzene rings is 2. The molecule has 0 aliphatic carbocycles. The number of amides is 2. The van der Waals surface area contributed by atoms with Gasteiger partial charge in [-0.1, -0.05) is 21.6 Å². The molecule has 0 aliphatic rings. The lowest BCUT2D eigenvalue weighted by Crippen LogP contribution is -2.43. The Kier molecular flexibility index (Phi) is 32.4. The van der Waals surface area contributed by atoms with Crippen LogP contribution in [0.3, 0.4) is 0 Å². The van der Waals surface area contributed by atoms with Gasteiger partial charge in [-0.25, -0.2) is 9.59 Å². The van der Waals surface area contributed by atoms with Crippen molar-refractivity contribution in [3.63, 3.8) is 0 Å². The Labute approximate surface area is 418 Å². The molecule has 6 N–H and O–H groups in total. The average molecular weight is 1070 g/mol. The van der Waals surface area contributed by atoms with Crippen molar-refractivity contribution in [3.05, 3.63) is 76.9 Å². The molecule has 0 saturated carbocycles. The van der Waals surface area contributed by atoms with Gasteiger partial charge in [0.25, 0.3) is 22.7 Å². The quantitative estimate of drug-likeness (QED) is 0.0240. The molecule has 2 aromatic rings. The highest BCUT2D eigenvalue weighted by molar-refractivity contribution is 8.76. The van der Waals surface area contributed by atoms with Crippen molar-refractivity contribution >= 4 is 79.5 Å². The van der Waals surface area contributed by atoms with Crippen LogP contribution in [-0.4, -0.2) is 196 Å². The number of non-ortho nitro benzene ring substituents is 2. The fourth-order valence-electron chi connectivity index (χ4n) is 5.35. The molecule has 0 aliphatic heterocycles. The number of carboxylic acids is 2. The third kappa shape index (κ3) is 28.1. The molecule has 32 heteroatoms.